The number of carboxylic acids is 1. The molecule has 174 valence electrons. The molecule has 0 amide bonds. The predicted molar refractivity (Wildman–Crippen MR) is 123 cm³/mol. The van der Waals surface area contributed by atoms with E-state index in [9.17, 15) is 9.18 Å². The summed E-state index contributed by atoms with van der Waals surface area (Å²) in [4.78, 5) is 18.0. The Morgan fingerprint density at radius 3 is 2.78 bits per heavy atom. The summed E-state index contributed by atoms with van der Waals surface area (Å²) in [6.45, 7) is 3.47. The number of unbranched alkanes of at least 4 members (excludes halogenated alkanes) is 1. The molecule has 0 saturated heterocycles. The molecule has 0 saturated carbocycles. The van der Waals surface area contributed by atoms with Gasteiger partial charge in [0.05, 0.1) is 0 Å². The number of rotatable bonds is 13. The third-order valence-electron chi connectivity index (χ3n) is 5.67. The van der Waals surface area contributed by atoms with E-state index >= 15 is 0 Å². The van der Waals surface area contributed by atoms with E-state index < -0.39 is 12.0 Å². The van der Waals surface area contributed by atoms with Gasteiger partial charge in [0.2, 0.25) is 0 Å². The summed E-state index contributed by atoms with van der Waals surface area (Å²) in [5.74, 6) is 0.349. The zero-order chi connectivity index (χ0) is 22.8. The average molecular weight is 445 g/mol. The van der Waals surface area contributed by atoms with E-state index in [1.54, 1.807) is 12.1 Å². The van der Waals surface area contributed by atoms with E-state index in [1.165, 1.54) is 17.7 Å². The third kappa shape index (κ3) is 7.76. The molecule has 32 heavy (non-hydrogen) atoms. The average Bonchev–Trinajstić information content (AvgIpc) is 2.80. The van der Waals surface area contributed by atoms with Crippen molar-refractivity contribution in [2.24, 2.45) is 5.73 Å². The molecule has 1 aliphatic heterocycles. The van der Waals surface area contributed by atoms with E-state index in [0.717, 1.165) is 56.7 Å². The number of nitrogens with two attached hydrogens (primary N) is 1. The van der Waals surface area contributed by atoms with Crippen LogP contribution in [0.3, 0.4) is 0 Å². The first kappa shape index (κ1) is 23.9. The first-order chi connectivity index (χ1) is 15.5. The lowest BCUT2D eigenvalue weighted by atomic mass is 10.1. The van der Waals surface area contributed by atoms with E-state index in [1.807, 2.05) is 0 Å². The number of nitrogens with zero attached hydrogens (tertiary/aromatic N) is 2. The number of carbonyl (C=O) groups is 1. The van der Waals surface area contributed by atoms with Crippen LogP contribution in [0.1, 0.15) is 36.9 Å². The zero-order valence-corrected chi connectivity index (χ0v) is 18.4. The lowest BCUT2D eigenvalue weighted by Crippen LogP contribution is -2.37. The number of aryl methyl sites for hydroxylation is 2. The summed E-state index contributed by atoms with van der Waals surface area (Å²) in [6, 6.07) is 9.35. The molecule has 1 unspecified atom stereocenters. The molecular formula is C24H33FN4O3. The van der Waals surface area contributed by atoms with Crippen molar-refractivity contribution in [1.29, 1.82) is 0 Å². The number of halogens is 1. The van der Waals surface area contributed by atoms with Gasteiger partial charge in [0.15, 0.2) is 0 Å². The van der Waals surface area contributed by atoms with Gasteiger partial charge in [-0.15, -0.1) is 0 Å². The van der Waals surface area contributed by atoms with Gasteiger partial charge in [-0.2, -0.15) is 0 Å². The van der Waals surface area contributed by atoms with Gasteiger partial charge in [0, 0.05) is 25.3 Å². The van der Waals surface area contributed by atoms with Crippen molar-refractivity contribution < 1.29 is 19.0 Å². The SMILES string of the molecule is NC(CCN(CCCCc1ccc2c(n1)NCCC2)CCOc1ccc(F)cc1)C(=O)O. The Morgan fingerprint density at radius 2 is 2.00 bits per heavy atom. The predicted octanol–water partition coefficient (Wildman–Crippen LogP) is 3.08. The Kier molecular flexibility index (Phi) is 9.25. The molecule has 8 heteroatoms. The summed E-state index contributed by atoms with van der Waals surface area (Å²) in [5.41, 5.74) is 8.07. The quantitative estimate of drug-likeness (QED) is 0.408. The van der Waals surface area contributed by atoms with Crippen LogP contribution in [0.25, 0.3) is 0 Å². The first-order valence-electron chi connectivity index (χ1n) is 11.3. The second-order valence-electron chi connectivity index (χ2n) is 8.18. The van der Waals surface area contributed by atoms with Crippen LogP contribution in [0.15, 0.2) is 36.4 Å². The largest absolute Gasteiger partial charge is 0.492 e. The van der Waals surface area contributed by atoms with Crippen LogP contribution in [0.5, 0.6) is 5.75 Å². The van der Waals surface area contributed by atoms with Gasteiger partial charge in [0.25, 0.3) is 0 Å². The summed E-state index contributed by atoms with van der Waals surface area (Å²) in [6.07, 6.45) is 5.48. The highest BCUT2D eigenvalue weighted by Gasteiger charge is 2.14. The Morgan fingerprint density at radius 1 is 1.19 bits per heavy atom. The Balaban J connectivity index is 1.44. The number of anilines is 1. The van der Waals surface area contributed by atoms with E-state index in [4.69, 9.17) is 20.6 Å². The van der Waals surface area contributed by atoms with Gasteiger partial charge in [-0.25, -0.2) is 9.37 Å². The maximum Gasteiger partial charge on any atom is 0.320 e. The number of ether oxygens (including phenoxy) is 1. The van der Waals surface area contributed by atoms with Gasteiger partial charge in [-0.05, 0) is 81.0 Å². The number of pyridine rings is 1. The Labute approximate surface area is 188 Å². The van der Waals surface area contributed by atoms with E-state index in [2.05, 4.69) is 22.3 Å². The first-order valence-corrected chi connectivity index (χ1v) is 11.3. The number of nitrogens with one attached hydrogen (secondary N) is 1. The fraction of sp³-hybridized carbons (Fsp3) is 0.500. The van der Waals surface area contributed by atoms with Crippen LogP contribution >= 0.6 is 0 Å². The molecule has 0 aliphatic carbocycles. The smallest absolute Gasteiger partial charge is 0.320 e. The van der Waals surface area contributed by atoms with Gasteiger partial charge in [0.1, 0.15) is 30.0 Å². The molecule has 1 aliphatic rings. The van der Waals surface area contributed by atoms with Crippen molar-refractivity contribution in [2.75, 3.05) is 38.1 Å². The van der Waals surface area contributed by atoms with Gasteiger partial charge >= 0.3 is 5.97 Å². The summed E-state index contributed by atoms with van der Waals surface area (Å²) in [7, 11) is 0. The molecule has 4 N–H and O–H groups in total. The number of aliphatic carboxylic acids is 1. The van der Waals surface area contributed by atoms with E-state index in [-0.39, 0.29) is 5.82 Å². The molecule has 1 aromatic heterocycles. The number of hydrogen-bond donors (Lipinski definition) is 3. The second-order valence-corrected chi connectivity index (χ2v) is 8.18. The van der Waals surface area contributed by atoms with Crippen molar-refractivity contribution in [3.05, 3.63) is 53.5 Å². The number of carboxylic acid groups (broad SMARTS) is 1. The normalized spacial score (nSPS) is 14.0. The summed E-state index contributed by atoms with van der Waals surface area (Å²) < 4.78 is 18.7. The highest BCUT2D eigenvalue weighted by atomic mass is 19.1. The minimum atomic E-state index is -0.986. The molecule has 7 nitrogen and oxygen atoms in total. The summed E-state index contributed by atoms with van der Waals surface area (Å²) >= 11 is 0. The van der Waals surface area contributed by atoms with Crippen LogP contribution < -0.4 is 15.8 Å². The van der Waals surface area contributed by atoms with Gasteiger partial charge in [-0.1, -0.05) is 6.07 Å². The topological polar surface area (TPSA) is 101 Å². The lowest BCUT2D eigenvalue weighted by molar-refractivity contribution is -0.138. The Bertz CT molecular complexity index is 863. The summed E-state index contributed by atoms with van der Waals surface area (Å²) in [5, 5.41) is 12.4. The molecule has 2 heterocycles. The number of aromatic nitrogens is 1. The van der Waals surface area contributed by atoms with Crippen LogP contribution in [-0.2, 0) is 17.6 Å². The number of fused-ring (bicyclic) bond motifs is 1. The molecular weight excluding hydrogens is 411 g/mol. The number of benzene rings is 1. The van der Waals surface area contributed by atoms with Gasteiger partial charge in [-0.3, -0.25) is 9.69 Å². The Hall–Kier alpha value is -2.71. The molecule has 0 fully saturated rings. The van der Waals surface area contributed by atoms with Crippen molar-refractivity contribution in [3.8, 4) is 5.75 Å². The molecule has 1 aromatic carbocycles. The lowest BCUT2D eigenvalue weighted by Gasteiger charge is -2.23. The molecule has 3 rings (SSSR count). The molecule has 0 radical (unpaired) electrons. The van der Waals surface area contributed by atoms with Crippen LogP contribution in [-0.4, -0.2) is 59.8 Å². The highest BCUT2D eigenvalue weighted by molar-refractivity contribution is 5.72. The molecule has 0 bridgehead atoms. The minimum Gasteiger partial charge on any atom is -0.492 e. The fourth-order valence-electron chi connectivity index (χ4n) is 3.75. The molecule has 1 atom stereocenters. The van der Waals surface area contributed by atoms with E-state index in [0.29, 0.717) is 31.9 Å². The monoisotopic (exact) mass is 444 g/mol. The molecule has 0 spiro atoms. The van der Waals surface area contributed by atoms with Crippen molar-refractivity contribution in [3.63, 3.8) is 0 Å². The molecule has 2 aromatic rings. The van der Waals surface area contributed by atoms with Crippen LogP contribution in [0, 0.1) is 5.82 Å². The van der Waals surface area contributed by atoms with Crippen molar-refractivity contribution in [1.82, 2.24) is 9.88 Å². The van der Waals surface area contributed by atoms with Crippen molar-refractivity contribution in [2.45, 2.75) is 44.6 Å². The zero-order valence-electron chi connectivity index (χ0n) is 18.4. The maximum absolute atomic E-state index is 13.0. The van der Waals surface area contributed by atoms with Crippen LogP contribution in [0.2, 0.25) is 0 Å². The minimum absolute atomic E-state index is 0.300. The third-order valence-corrected chi connectivity index (χ3v) is 5.67. The number of hydrogen-bond acceptors (Lipinski definition) is 6. The van der Waals surface area contributed by atoms with Crippen LogP contribution in [0.4, 0.5) is 10.2 Å². The highest BCUT2D eigenvalue weighted by Crippen LogP contribution is 2.20. The second kappa shape index (κ2) is 12.4. The van der Waals surface area contributed by atoms with Crippen molar-refractivity contribution >= 4 is 11.8 Å². The standard InChI is InChI=1S/C24H33FN4O3/c25-19-7-10-21(11-8-19)32-17-16-29(15-12-22(26)24(30)31)14-2-1-5-20-9-6-18-4-3-13-27-23(18)28-20/h6-11,22H,1-5,12-17,26H2,(H,27,28)(H,30,31). The van der Waals surface area contributed by atoms with Gasteiger partial charge < -0.3 is 20.9 Å². The maximum atomic E-state index is 13.0. The fourth-order valence-corrected chi connectivity index (χ4v) is 3.75.